The lowest BCUT2D eigenvalue weighted by Gasteiger charge is -2.40. The van der Waals surface area contributed by atoms with Gasteiger partial charge in [-0.25, -0.2) is 9.59 Å². The third-order valence-corrected chi connectivity index (χ3v) is 6.32. The fraction of sp³-hybridized carbons (Fsp3) is 0.773. The van der Waals surface area contributed by atoms with Crippen LogP contribution in [0.2, 0.25) is 0 Å². The Balaban J connectivity index is 0.000000286. The molecule has 9 nitrogen and oxygen atoms in total. The van der Waals surface area contributed by atoms with E-state index in [1.807, 2.05) is 13.8 Å². The van der Waals surface area contributed by atoms with Crippen molar-refractivity contribution in [2.45, 2.75) is 70.6 Å². The summed E-state index contributed by atoms with van der Waals surface area (Å²) in [6, 6.07) is 0.624. The molecule has 0 radical (unpaired) electrons. The molecule has 2 atom stereocenters. The Morgan fingerprint density at radius 1 is 0.946 bits per heavy atom. The van der Waals surface area contributed by atoms with Crippen molar-refractivity contribution in [2.75, 3.05) is 32.8 Å². The van der Waals surface area contributed by atoms with E-state index in [1.54, 1.807) is 0 Å². The predicted molar refractivity (Wildman–Crippen MR) is 116 cm³/mol. The largest absolute Gasteiger partial charge is 0.490 e. The molecule has 3 heterocycles. The lowest BCUT2D eigenvalue weighted by Crippen LogP contribution is -2.51. The smallest absolute Gasteiger partial charge is 0.475 e. The average molecular weight is 547 g/mol. The number of hydrogen-bond donors (Lipinski definition) is 2. The molecule has 15 heteroatoms. The standard InChI is InChI=1S/C18H29N3O2.2C2HF3O2/c1-13-16(14(2)23-19-13)12-20-7-5-17-18(6-8-20)22-10-9-21(17)11-15-3-4-15;2*3-2(4,5)1(6)7/h15,17-18H,3-12H2,1-2H3;2*(H,6,7). The lowest BCUT2D eigenvalue weighted by atomic mass is 10.0. The number of aliphatic carboxylic acids is 2. The first-order valence-corrected chi connectivity index (χ1v) is 11.7. The maximum absolute atomic E-state index is 10.6. The van der Waals surface area contributed by atoms with E-state index in [2.05, 4.69) is 15.0 Å². The van der Waals surface area contributed by atoms with Crippen molar-refractivity contribution in [3.63, 3.8) is 0 Å². The highest BCUT2D eigenvalue weighted by atomic mass is 19.4. The number of hydrogen-bond acceptors (Lipinski definition) is 7. The number of aromatic nitrogens is 1. The van der Waals surface area contributed by atoms with Gasteiger partial charge in [0, 0.05) is 44.3 Å². The van der Waals surface area contributed by atoms with E-state index >= 15 is 0 Å². The van der Waals surface area contributed by atoms with E-state index in [9.17, 15) is 26.3 Å². The fourth-order valence-electron chi connectivity index (χ4n) is 4.18. The van der Waals surface area contributed by atoms with Gasteiger partial charge in [-0.15, -0.1) is 0 Å². The van der Waals surface area contributed by atoms with E-state index in [4.69, 9.17) is 29.1 Å². The normalized spacial score (nSPS) is 23.0. The van der Waals surface area contributed by atoms with Crippen molar-refractivity contribution >= 4 is 11.9 Å². The number of alkyl halides is 6. The van der Waals surface area contributed by atoms with Gasteiger partial charge in [-0.2, -0.15) is 26.3 Å². The Labute approximate surface area is 209 Å². The van der Waals surface area contributed by atoms with Crippen molar-refractivity contribution in [2.24, 2.45) is 5.92 Å². The van der Waals surface area contributed by atoms with Gasteiger partial charge in [0.2, 0.25) is 0 Å². The van der Waals surface area contributed by atoms with Gasteiger partial charge in [-0.3, -0.25) is 9.80 Å². The number of aryl methyl sites for hydroxylation is 2. The van der Waals surface area contributed by atoms with Gasteiger partial charge in [0.25, 0.3) is 0 Å². The summed E-state index contributed by atoms with van der Waals surface area (Å²) >= 11 is 0. The third kappa shape index (κ3) is 10.1. The number of carbonyl (C=O) groups is 2. The number of nitrogens with zero attached hydrogens (tertiary/aromatic N) is 3. The number of carboxylic acids is 2. The highest BCUT2D eigenvalue weighted by Crippen LogP contribution is 2.33. The van der Waals surface area contributed by atoms with Crippen LogP contribution in [0.15, 0.2) is 4.52 Å². The van der Waals surface area contributed by atoms with Crippen molar-refractivity contribution in [3.05, 3.63) is 17.0 Å². The van der Waals surface area contributed by atoms with E-state index < -0.39 is 24.3 Å². The van der Waals surface area contributed by atoms with Crippen molar-refractivity contribution in [1.29, 1.82) is 0 Å². The van der Waals surface area contributed by atoms with Gasteiger partial charge in [-0.1, -0.05) is 5.16 Å². The van der Waals surface area contributed by atoms with Gasteiger partial charge < -0.3 is 19.5 Å². The summed E-state index contributed by atoms with van der Waals surface area (Å²) in [7, 11) is 0. The third-order valence-electron chi connectivity index (χ3n) is 6.32. The van der Waals surface area contributed by atoms with Crippen molar-refractivity contribution in [1.82, 2.24) is 15.0 Å². The zero-order valence-electron chi connectivity index (χ0n) is 20.4. The van der Waals surface area contributed by atoms with Gasteiger partial charge in [-0.05, 0) is 45.4 Å². The number of likely N-dealkylation sites (tertiary alicyclic amines) is 1. The van der Waals surface area contributed by atoms with Gasteiger partial charge in [0.05, 0.1) is 18.4 Å². The summed E-state index contributed by atoms with van der Waals surface area (Å²) in [5, 5.41) is 18.3. The summed E-state index contributed by atoms with van der Waals surface area (Å²) in [6.07, 6.45) is -4.49. The second kappa shape index (κ2) is 12.9. The van der Waals surface area contributed by atoms with Crippen LogP contribution in [0.25, 0.3) is 0 Å². The first kappa shape index (κ1) is 30.8. The molecule has 212 valence electrons. The van der Waals surface area contributed by atoms with Crippen LogP contribution in [0.1, 0.15) is 42.7 Å². The summed E-state index contributed by atoms with van der Waals surface area (Å²) in [5.41, 5.74) is 2.31. The average Bonchev–Trinajstić information content (AvgIpc) is 3.58. The first-order chi connectivity index (χ1) is 17.1. The number of carboxylic acid groups (broad SMARTS) is 2. The molecule has 1 saturated carbocycles. The molecule has 3 aliphatic rings. The van der Waals surface area contributed by atoms with E-state index in [1.165, 1.54) is 31.4 Å². The highest BCUT2D eigenvalue weighted by Gasteiger charge is 2.39. The molecule has 4 rings (SSSR count). The molecule has 2 N–H and O–H groups in total. The molecule has 0 bridgehead atoms. The summed E-state index contributed by atoms with van der Waals surface area (Å²) in [6.45, 7) is 10.6. The number of ether oxygens (including phenoxy) is 1. The number of morpholine rings is 1. The summed E-state index contributed by atoms with van der Waals surface area (Å²) < 4.78 is 74.9. The van der Waals surface area contributed by atoms with Gasteiger partial charge >= 0.3 is 24.3 Å². The molecule has 2 unspecified atom stereocenters. The molecular weight excluding hydrogens is 516 g/mol. The maximum Gasteiger partial charge on any atom is 0.490 e. The maximum atomic E-state index is 10.6. The molecule has 2 saturated heterocycles. The van der Waals surface area contributed by atoms with Crippen LogP contribution >= 0.6 is 0 Å². The Morgan fingerprint density at radius 3 is 1.95 bits per heavy atom. The van der Waals surface area contributed by atoms with Crippen LogP contribution in [0.5, 0.6) is 0 Å². The predicted octanol–water partition coefficient (Wildman–Crippen LogP) is 3.63. The van der Waals surface area contributed by atoms with Crippen LogP contribution in [-0.2, 0) is 20.9 Å². The molecule has 1 aromatic rings. The fourth-order valence-corrected chi connectivity index (χ4v) is 4.18. The Hall–Kier alpha value is -2.39. The minimum Gasteiger partial charge on any atom is -0.475 e. The zero-order chi connectivity index (χ0) is 28.0. The number of fused-ring (bicyclic) bond motifs is 1. The SMILES string of the molecule is Cc1noc(C)c1CN1CCC2OCCN(CC3CC3)C2CC1.O=C(O)C(F)(F)F.O=C(O)C(F)(F)F. The Morgan fingerprint density at radius 2 is 1.49 bits per heavy atom. The second-order valence-electron chi connectivity index (χ2n) is 9.18. The molecule has 37 heavy (non-hydrogen) atoms. The molecule has 1 aliphatic carbocycles. The van der Waals surface area contributed by atoms with Gasteiger partial charge in [0.15, 0.2) is 0 Å². The first-order valence-electron chi connectivity index (χ1n) is 11.7. The van der Waals surface area contributed by atoms with Crippen LogP contribution in [-0.4, -0.2) is 94.4 Å². The van der Waals surface area contributed by atoms with Crippen LogP contribution < -0.4 is 0 Å². The van der Waals surface area contributed by atoms with Crippen LogP contribution in [0.3, 0.4) is 0 Å². The number of rotatable bonds is 4. The van der Waals surface area contributed by atoms with E-state index in [0.717, 1.165) is 56.6 Å². The van der Waals surface area contributed by atoms with E-state index in [-0.39, 0.29) is 0 Å². The minimum absolute atomic E-state index is 0.428. The molecular formula is C22H31F6N3O6. The second-order valence-corrected chi connectivity index (χ2v) is 9.18. The lowest BCUT2D eigenvalue weighted by molar-refractivity contribution is -0.193. The number of halogens is 6. The monoisotopic (exact) mass is 547 g/mol. The molecule has 0 spiro atoms. The Bertz CT molecular complexity index is 859. The Kier molecular flexibility index (Phi) is 10.8. The molecule has 1 aromatic heterocycles. The topological polar surface area (TPSA) is 116 Å². The molecule has 3 fully saturated rings. The minimum atomic E-state index is -5.08. The molecule has 0 amide bonds. The van der Waals surface area contributed by atoms with Crippen molar-refractivity contribution < 1.29 is 55.4 Å². The zero-order valence-corrected chi connectivity index (χ0v) is 20.4. The molecule has 0 aromatic carbocycles. The van der Waals surface area contributed by atoms with Crippen LogP contribution in [0.4, 0.5) is 26.3 Å². The summed E-state index contributed by atoms with van der Waals surface area (Å²) in [5.74, 6) is -3.58. The van der Waals surface area contributed by atoms with E-state index in [0.29, 0.717) is 12.1 Å². The quantitative estimate of drug-likeness (QED) is 0.545. The highest BCUT2D eigenvalue weighted by molar-refractivity contribution is 5.73. The van der Waals surface area contributed by atoms with Crippen molar-refractivity contribution in [3.8, 4) is 0 Å². The van der Waals surface area contributed by atoms with Crippen LogP contribution in [0, 0.1) is 19.8 Å². The summed E-state index contributed by atoms with van der Waals surface area (Å²) in [4.78, 5) is 23.1. The molecule has 2 aliphatic heterocycles. The van der Waals surface area contributed by atoms with Gasteiger partial charge in [0.1, 0.15) is 5.76 Å².